The van der Waals surface area contributed by atoms with Crippen LogP contribution in [0.3, 0.4) is 0 Å². The Hall–Kier alpha value is 0.0300. The summed E-state index contributed by atoms with van der Waals surface area (Å²) >= 11 is 0. The molecule has 1 N–H and O–H groups in total. The summed E-state index contributed by atoms with van der Waals surface area (Å²) in [7, 11) is -4.07. The van der Waals surface area contributed by atoms with E-state index in [1.165, 1.54) is 51.4 Å². The molecule has 4 atom stereocenters. The molecule has 37 heavy (non-hydrogen) atoms. The third kappa shape index (κ3) is 26.0. The molecule has 0 aliphatic rings. The molecule has 0 spiro atoms. The van der Waals surface area contributed by atoms with E-state index in [4.69, 9.17) is 18.5 Å². The maximum Gasteiger partial charge on any atom is 0.472 e. The Kier molecular flexibility index (Phi) is 22.8. The van der Waals surface area contributed by atoms with Gasteiger partial charge in [-0.3, -0.25) is 9.05 Å². The van der Waals surface area contributed by atoms with Gasteiger partial charge >= 0.3 is 7.82 Å². The van der Waals surface area contributed by atoms with E-state index < -0.39 is 7.82 Å². The van der Waals surface area contributed by atoms with E-state index in [1.807, 2.05) is 0 Å². The number of hydrogen-bond donors (Lipinski definition) is 1. The first-order valence-electron chi connectivity index (χ1n) is 15.2. The first-order chi connectivity index (χ1) is 17.4. The Labute approximate surface area is 230 Å². The number of ether oxygens (including phenoxy) is 2. The highest BCUT2D eigenvalue weighted by atomic mass is 31.2. The highest BCUT2D eigenvalue weighted by molar-refractivity contribution is 7.47. The monoisotopic (exact) mass is 550 g/mol. The number of phosphoric ester groups is 1. The molecular formula is C30H63O6P. The summed E-state index contributed by atoms with van der Waals surface area (Å²) in [6, 6.07) is 0. The van der Waals surface area contributed by atoms with E-state index in [-0.39, 0.29) is 26.4 Å². The predicted molar refractivity (Wildman–Crippen MR) is 156 cm³/mol. The van der Waals surface area contributed by atoms with Crippen molar-refractivity contribution in [2.75, 3.05) is 39.6 Å². The van der Waals surface area contributed by atoms with E-state index in [9.17, 15) is 9.46 Å². The Morgan fingerprint density at radius 2 is 0.865 bits per heavy atom. The van der Waals surface area contributed by atoms with Crippen molar-refractivity contribution in [1.29, 1.82) is 0 Å². The number of phosphoric acid groups is 1. The molecule has 0 aliphatic carbocycles. The first kappa shape index (κ1) is 37.0. The largest absolute Gasteiger partial charge is 0.472 e. The van der Waals surface area contributed by atoms with Crippen LogP contribution in [0.5, 0.6) is 0 Å². The lowest BCUT2D eigenvalue weighted by atomic mass is 9.93. The SMILES string of the molecule is CC(C)CCCC(C)CCC(C)COCCOP(=O)(O)OCCOCC(C)CCC(C)CCCC(C)C. The number of hydrogen-bond acceptors (Lipinski definition) is 5. The summed E-state index contributed by atoms with van der Waals surface area (Å²) in [5, 5.41) is 0. The third-order valence-electron chi connectivity index (χ3n) is 7.03. The van der Waals surface area contributed by atoms with Gasteiger partial charge in [-0.05, 0) is 48.3 Å². The lowest BCUT2D eigenvalue weighted by Gasteiger charge is -2.17. The van der Waals surface area contributed by atoms with Crippen molar-refractivity contribution in [2.45, 2.75) is 120 Å². The first-order valence-corrected chi connectivity index (χ1v) is 16.7. The summed E-state index contributed by atoms with van der Waals surface area (Å²) in [6.45, 7) is 20.1. The highest BCUT2D eigenvalue weighted by Gasteiger charge is 2.20. The summed E-state index contributed by atoms with van der Waals surface area (Å²) in [4.78, 5) is 9.83. The van der Waals surface area contributed by atoms with Gasteiger partial charge in [0.15, 0.2) is 0 Å². The van der Waals surface area contributed by atoms with Crippen molar-refractivity contribution in [1.82, 2.24) is 0 Å². The lowest BCUT2D eigenvalue weighted by Crippen LogP contribution is -2.13. The molecule has 224 valence electrons. The molecule has 0 heterocycles. The van der Waals surface area contributed by atoms with Gasteiger partial charge in [-0.2, -0.15) is 0 Å². The van der Waals surface area contributed by atoms with Gasteiger partial charge in [0.2, 0.25) is 0 Å². The molecule has 0 aromatic heterocycles. The Bertz CT molecular complexity index is 512. The van der Waals surface area contributed by atoms with Gasteiger partial charge in [-0.15, -0.1) is 0 Å². The second kappa shape index (κ2) is 22.8. The molecule has 0 aliphatic heterocycles. The quantitative estimate of drug-likeness (QED) is 0.0856. The fourth-order valence-electron chi connectivity index (χ4n) is 4.37. The van der Waals surface area contributed by atoms with Gasteiger partial charge in [-0.1, -0.05) is 107 Å². The zero-order valence-corrected chi connectivity index (χ0v) is 26.6. The van der Waals surface area contributed by atoms with Gasteiger partial charge in [-0.25, -0.2) is 4.57 Å². The van der Waals surface area contributed by atoms with Crippen LogP contribution in [0, 0.1) is 35.5 Å². The van der Waals surface area contributed by atoms with E-state index in [1.54, 1.807) is 0 Å². The van der Waals surface area contributed by atoms with E-state index in [0.717, 1.165) is 36.5 Å². The second-order valence-corrected chi connectivity index (χ2v) is 14.0. The zero-order valence-electron chi connectivity index (χ0n) is 25.7. The molecule has 0 fully saturated rings. The zero-order chi connectivity index (χ0) is 28.1. The normalized spacial score (nSPS) is 17.2. The van der Waals surface area contributed by atoms with Crippen LogP contribution < -0.4 is 0 Å². The summed E-state index contributed by atoms with van der Waals surface area (Å²) in [5.74, 6) is 4.02. The standard InChI is InChI=1S/C30H63O6P/c1-25(2)11-9-13-27(5)15-17-29(7)23-33-19-21-35-37(31,32)36-22-20-34-24-30(8)18-16-28(6)14-10-12-26(3)4/h25-30H,9-24H2,1-8H3,(H,31,32). The molecule has 0 radical (unpaired) electrons. The molecular weight excluding hydrogens is 487 g/mol. The number of rotatable bonds is 26. The lowest BCUT2D eigenvalue weighted by molar-refractivity contribution is 0.0425. The topological polar surface area (TPSA) is 74.2 Å². The average Bonchev–Trinajstić information content (AvgIpc) is 2.80. The molecule has 0 saturated heterocycles. The Morgan fingerprint density at radius 3 is 1.22 bits per heavy atom. The molecule has 0 saturated carbocycles. The molecule has 0 rings (SSSR count). The van der Waals surface area contributed by atoms with Crippen LogP contribution in [-0.2, 0) is 23.1 Å². The van der Waals surface area contributed by atoms with Crippen molar-refractivity contribution < 1.29 is 28.0 Å². The van der Waals surface area contributed by atoms with Gasteiger partial charge in [0.1, 0.15) is 0 Å². The van der Waals surface area contributed by atoms with Crippen LogP contribution in [0.15, 0.2) is 0 Å². The second-order valence-electron chi connectivity index (χ2n) is 12.5. The van der Waals surface area contributed by atoms with Crippen LogP contribution in [0.4, 0.5) is 0 Å². The highest BCUT2D eigenvalue weighted by Crippen LogP contribution is 2.42. The average molecular weight is 551 g/mol. The molecule has 0 aromatic rings. The van der Waals surface area contributed by atoms with Crippen molar-refractivity contribution in [3.05, 3.63) is 0 Å². The van der Waals surface area contributed by atoms with Gasteiger partial charge < -0.3 is 14.4 Å². The van der Waals surface area contributed by atoms with Gasteiger partial charge in [0, 0.05) is 13.2 Å². The minimum atomic E-state index is -4.07. The molecule has 6 nitrogen and oxygen atoms in total. The Balaban J connectivity index is 3.71. The van der Waals surface area contributed by atoms with Crippen LogP contribution in [0.1, 0.15) is 120 Å². The summed E-state index contributed by atoms with van der Waals surface area (Å²) < 4.78 is 33.3. The van der Waals surface area contributed by atoms with E-state index >= 15 is 0 Å². The fraction of sp³-hybridized carbons (Fsp3) is 1.00. The van der Waals surface area contributed by atoms with Crippen molar-refractivity contribution >= 4 is 7.82 Å². The fourth-order valence-corrected chi connectivity index (χ4v) is 5.06. The van der Waals surface area contributed by atoms with Gasteiger partial charge in [0.25, 0.3) is 0 Å². The molecule has 0 bridgehead atoms. The minimum Gasteiger partial charge on any atom is -0.379 e. The molecule has 0 amide bonds. The van der Waals surface area contributed by atoms with Crippen molar-refractivity contribution in [3.63, 3.8) is 0 Å². The van der Waals surface area contributed by atoms with Gasteiger partial charge in [0.05, 0.1) is 26.4 Å². The smallest absolute Gasteiger partial charge is 0.379 e. The summed E-state index contributed by atoms with van der Waals surface area (Å²) in [5.41, 5.74) is 0. The Morgan fingerprint density at radius 1 is 0.514 bits per heavy atom. The summed E-state index contributed by atoms with van der Waals surface area (Å²) in [6.07, 6.45) is 12.6. The molecule has 4 unspecified atom stereocenters. The van der Waals surface area contributed by atoms with Crippen LogP contribution in [-0.4, -0.2) is 44.5 Å². The van der Waals surface area contributed by atoms with Crippen LogP contribution in [0.2, 0.25) is 0 Å². The molecule has 7 heteroatoms. The van der Waals surface area contributed by atoms with Crippen molar-refractivity contribution in [2.24, 2.45) is 35.5 Å². The third-order valence-corrected chi connectivity index (χ3v) is 8.05. The van der Waals surface area contributed by atoms with E-state index in [0.29, 0.717) is 25.0 Å². The molecule has 0 aromatic carbocycles. The maximum atomic E-state index is 12.0. The van der Waals surface area contributed by atoms with Crippen LogP contribution in [0.25, 0.3) is 0 Å². The van der Waals surface area contributed by atoms with Crippen LogP contribution >= 0.6 is 7.82 Å². The maximum absolute atomic E-state index is 12.0. The van der Waals surface area contributed by atoms with E-state index in [2.05, 4.69) is 55.4 Å². The predicted octanol–water partition coefficient (Wildman–Crippen LogP) is 8.91. The van der Waals surface area contributed by atoms with Crippen molar-refractivity contribution in [3.8, 4) is 0 Å². The minimum absolute atomic E-state index is 0.0410.